The van der Waals surface area contributed by atoms with Gasteiger partial charge in [0.25, 0.3) is 0 Å². The maximum absolute atomic E-state index is 12.7. The summed E-state index contributed by atoms with van der Waals surface area (Å²) in [6.45, 7) is 0.926. The summed E-state index contributed by atoms with van der Waals surface area (Å²) < 4.78 is 26.7. The van der Waals surface area contributed by atoms with E-state index in [2.05, 4.69) is 10.3 Å². The normalized spacial score (nSPS) is 15.1. The summed E-state index contributed by atoms with van der Waals surface area (Å²) in [7, 11) is -3.63. The predicted octanol–water partition coefficient (Wildman–Crippen LogP) is 1.20. The van der Waals surface area contributed by atoms with Gasteiger partial charge < -0.3 is 16.0 Å². The first-order valence-electron chi connectivity index (χ1n) is 8.84. The highest BCUT2D eigenvalue weighted by atomic mass is 32.2. The van der Waals surface area contributed by atoms with E-state index in [1.165, 1.54) is 34.5 Å². The average molecular weight is 436 g/mol. The molecule has 154 valence electrons. The van der Waals surface area contributed by atoms with Crippen LogP contribution in [0.2, 0.25) is 0 Å². The molecule has 9 nitrogen and oxygen atoms in total. The molecule has 1 saturated heterocycles. The van der Waals surface area contributed by atoms with E-state index in [1.54, 1.807) is 35.2 Å². The smallest absolute Gasteiger partial charge is 0.321 e. The lowest BCUT2D eigenvalue weighted by Gasteiger charge is -2.34. The van der Waals surface area contributed by atoms with Gasteiger partial charge in [-0.3, -0.25) is 9.78 Å². The number of nitrogens with two attached hydrogens (primary N) is 1. The SMILES string of the molecule is NC(=O)CSc1ccccc1NC(=O)N1CCN(S(=O)(=O)c2cccnc2)CC1. The van der Waals surface area contributed by atoms with Crippen LogP contribution in [0.15, 0.2) is 58.6 Å². The lowest BCUT2D eigenvalue weighted by atomic mass is 10.3. The van der Waals surface area contributed by atoms with Gasteiger partial charge in [0.2, 0.25) is 15.9 Å². The van der Waals surface area contributed by atoms with Crippen LogP contribution in [-0.2, 0) is 14.8 Å². The Balaban J connectivity index is 1.61. The Bertz CT molecular complexity index is 977. The number of aromatic nitrogens is 1. The molecule has 1 fully saturated rings. The minimum Gasteiger partial charge on any atom is -0.369 e. The fraction of sp³-hybridized carbons (Fsp3) is 0.278. The number of rotatable bonds is 6. The van der Waals surface area contributed by atoms with E-state index < -0.39 is 15.9 Å². The van der Waals surface area contributed by atoms with E-state index >= 15 is 0 Å². The van der Waals surface area contributed by atoms with Crippen molar-refractivity contribution in [2.75, 3.05) is 37.2 Å². The Morgan fingerprint density at radius 2 is 1.83 bits per heavy atom. The van der Waals surface area contributed by atoms with Crippen molar-refractivity contribution in [1.29, 1.82) is 0 Å². The molecule has 1 aromatic heterocycles. The third-order valence-electron chi connectivity index (χ3n) is 4.30. The number of para-hydroxylation sites is 1. The molecule has 0 bridgehead atoms. The Hall–Kier alpha value is -2.63. The first-order valence-corrected chi connectivity index (χ1v) is 11.3. The second kappa shape index (κ2) is 9.25. The Labute approximate surface area is 173 Å². The number of pyridine rings is 1. The fourth-order valence-corrected chi connectivity index (χ4v) is 4.95. The van der Waals surface area contributed by atoms with Gasteiger partial charge in [0.05, 0.1) is 11.4 Å². The minimum atomic E-state index is -3.63. The lowest BCUT2D eigenvalue weighted by molar-refractivity contribution is -0.115. The molecule has 0 aliphatic carbocycles. The molecule has 1 aliphatic heterocycles. The molecule has 11 heteroatoms. The summed E-state index contributed by atoms with van der Waals surface area (Å²) >= 11 is 1.24. The molecular formula is C18H21N5O4S2. The third kappa shape index (κ3) is 5.25. The highest BCUT2D eigenvalue weighted by Gasteiger charge is 2.30. The van der Waals surface area contributed by atoms with Gasteiger partial charge in [0.1, 0.15) is 4.90 Å². The minimum absolute atomic E-state index is 0.109. The number of hydrogen-bond donors (Lipinski definition) is 2. The summed E-state index contributed by atoms with van der Waals surface area (Å²) in [5, 5.41) is 2.83. The predicted molar refractivity (Wildman–Crippen MR) is 110 cm³/mol. The Kier molecular flexibility index (Phi) is 6.72. The summed E-state index contributed by atoms with van der Waals surface area (Å²) in [5.41, 5.74) is 5.76. The zero-order valence-corrected chi connectivity index (χ0v) is 17.2. The van der Waals surface area contributed by atoms with Crippen LogP contribution >= 0.6 is 11.8 Å². The number of primary amides is 1. The molecule has 2 heterocycles. The quantitative estimate of drug-likeness (QED) is 0.657. The van der Waals surface area contributed by atoms with Crippen molar-refractivity contribution in [2.24, 2.45) is 5.73 Å². The number of amides is 3. The molecule has 0 spiro atoms. The standard InChI is InChI=1S/C18H21N5O4S2/c19-17(24)13-28-16-6-2-1-5-15(16)21-18(25)22-8-10-23(11-9-22)29(26,27)14-4-3-7-20-12-14/h1-7,12H,8-11,13H2,(H2,19,24)(H,21,25). The van der Waals surface area contributed by atoms with Crippen LogP contribution in [0.5, 0.6) is 0 Å². The molecule has 3 amide bonds. The van der Waals surface area contributed by atoms with Crippen molar-refractivity contribution < 1.29 is 18.0 Å². The number of piperazine rings is 1. The molecule has 29 heavy (non-hydrogen) atoms. The molecular weight excluding hydrogens is 414 g/mol. The van der Waals surface area contributed by atoms with Gasteiger partial charge in [-0.15, -0.1) is 11.8 Å². The highest BCUT2D eigenvalue weighted by Crippen LogP contribution is 2.27. The number of nitrogens with zero attached hydrogens (tertiary/aromatic N) is 3. The average Bonchev–Trinajstić information content (AvgIpc) is 2.73. The lowest BCUT2D eigenvalue weighted by Crippen LogP contribution is -2.51. The van der Waals surface area contributed by atoms with Crippen LogP contribution in [0.25, 0.3) is 0 Å². The number of nitrogens with one attached hydrogen (secondary N) is 1. The largest absolute Gasteiger partial charge is 0.369 e. The number of thioether (sulfide) groups is 1. The van der Waals surface area contributed by atoms with E-state index in [1.807, 2.05) is 0 Å². The van der Waals surface area contributed by atoms with Crippen LogP contribution in [0.3, 0.4) is 0 Å². The van der Waals surface area contributed by atoms with Gasteiger partial charge in [-0.25, -0.2) is 13.2 Å². The van der Waals surface area contributed by atoms with E-state index in [4.69, 9.17) is 5.73 Å². The first kappa shape index (κ1) is 21.1. The molecule has 0 radical (unpaired) electrons. The number of sulfonamides is 1. The van der Waals surface area contributed by atoms with Gasteiger partial charge in [0, 0.05) is 43.5 Å². The molecule has 1 aliphatic rings. The topological polar surface area (TPSA) is 126 Å². The van der Waals surface area contributed by atoms with Crippen molar-refractivity contribution in [3.63, 3.8) is 0 Å². The molecule has 2 aromatic rings. The van der Waals surface area contributed by atoms with Crippen molar-refractivity contribution in [1.82, 2.24) is 14.2 Å². The number of anilines is 1. The zero-order chi connectivity index (χ0) is 20.9. The molecule has 0 atom stereocenters. The summed E-state index contributed by atoms with van der Waals surface area (Å²) in [5.74, 6) is -0.334. The Morgan fingerprint density at radius 1 is 1.10 bits per heavy atom. The van der Waals surface area contributed by atoms with Crippen LogP contribution in [0.1, 0.15) is 0 Å². The van der Waals surface area contributed by atoms with Crippen LogP contribution < -0.4 is 11.1 Å². The van der Waals surface area contributed by atoms with Crippen LogP contribution in [-0.4, -0.2) is 66.5 Å². The number of carbonyl (C=O) groups excluding carboxylic acids is 2. The number of carbonyl (C=O) groups is 2. The zero-order valence-electron chi connectivity index (χ0n) is 15.5. The highest BCUT2D eigenvalue weighted by molar-refractivity contribution is 8.00. The van der Waals surface area contributed by atoms with Gasteiger partial charge in [-0.2, -0.15) is 4.31 Å². The maximum atomic E-state index is 12.7. The number of hydrogen-bond acceptors (Lipinski definition) is 6. The van der Waals surface area contributed by atoms with Gasteiger partial charge in [0.15, 0.2) is 0 Å². The second-order valence-corrected chi connectivity index (χ2v) is 9.22. The van der Waals surface area contributed by atoms with Crippen LogP contribution in [0.4, 0.5) is 10.5 Å². The second-order valence-electron chi connectivity index (χ2n) is 6.26. The molecule has 0 saturated carbocycles. The first-order chi connectivity index (χ1) is 13.9. The van der Waals surface area contributed by atoms with E-state index in [0.29, 0.717) is 5.69 Å². The van der Waals surface area contributed by atoms with Gasteiger partial charge in [-0.1, -0.05) is 12.1 Å². The molecule has 3 rings (SSSR count). The molecule has 1 aromatic carbocycles. The van der Waals surface area contributed by atoms with E-state index in [9.17, 15) is 18.0 Å². The monoisotopic (exact) mass is 435 g/mol. The molecule has 0 unspecified atom stereocenters. The van der Waals surface area contributed by atoms with Crippen LogP contribution in [0, 0.1) is 0 Å². The number of urea groups is 1. The third-order valence-corrected chi connectivity index (χ3v) is 7.27. The molecule has 3 N–H and O–H groups in total. The van der Waals surface area contributed by atoms with Crippen molar-refractivity contribution in [3.05, 3.63) is 48.8 Å². The van der Waals surface area contributed by atoms with E-state index in [0.717, 1.165) is 4.90 Å². The van der Waals surface area contributed by atoms with Crippen molar-refractivity contribution in [2.45, 2.75) is 9.79 Å². The maximum Gasteiger partial charge on any atom is 0.321 e. The summed E-state index contributed by atoms with van der Waals surface area (Å²) in [6, 6.07) is 9.87. The summed E-state index contributed by atoms with van der Waals surface area (Å²) in [6.07, 6.45) is 2.83. The number of benzene rings is 1. The summed E-state index contributed by atoms with van der Waals surface area (Å²) in [4.78, 5) is 29.9. The van der Waals surface area contributed by atoms with Gasteiger partial charge >= 0.3 is 6.03 Å². The van der Waals surface area contributed by atoms with Crippen molar-refractivity contribution in [3.8, 4) is 0 Å². The van der Waals surface area contributed by atoms with Gasteiger partial charge in [-0.05, 0) is 24.3 Å². The van der Waals surface area contributed by atoms with Crippen molar-refractivity contribution >= 4 is 39.4 Å². The van der Waals surface area contributed by atoms with E-state index in [-0.39, 0.29) is 42.9 Å². The fourth-order valence-electron chi connectivity index (χ4n) is 2.82. The Morgan fingerprint density at radius 3 is 2.48 bits per heavy atom.